The van der Waals surface area contributed by atoms with Gasteiger partial charge in [-0.05, 0) is 24.1 Å². The number of ether oxygens (including phenoxy) is 1. The molecule has 0 fully saturated rings. The lowest BCUT2D eigenvalue weighted by Gasteiger charge is -2.17. The molecule has 1 aromatic rings. The third-order valence-corrected chi connectivity index (χ3v) is 2.13. The molecule has 1 rings (SSSR count). The number of halogens is 3. The van der Waals surface area contributed by atoms with Crippen molar-refractivity contribution in [2.45, 2.75) is 19.1 Å². The molecule has 84 valence electrons. The van der Waals surface area contributed by atoms with E-state index in [9.17, 15) is 13.2 Å². The fourth-order valence-corrected chi connectivity index (χ4v) is 1.28. The van der Waals surface area contributed by atoms with Crippen LogP contribution in [0.1, 0.15) is 17.2 Å². The third-order valence-electron chi connectivity index (χ3n) is 2.13. The van der Waals surface area contributed by atoms with Crippen LogP contribution in [0, 0.1) is 6.92 Å². The average Bonchev–Trinajstić information content (AvgIpc) is 2.15. The van der Waals surface area contributed by atoms with Crippen LogP contribution in [0.3, 0.4) is 0 Å². The van der Waals surface area contributed by atoms with Gasteiger partial charge in [-0.25, -0.2) is 0 Å². The van der Waals surface area contributed by atoms with Crippen molar-refractivity contribution >= 4 is 0 Å². The van der Waals surface area contributed by atoms with Gasteiger partial charge in [-0.1, -0.05) is 12.1 Å². The average molecular weight is 219 g/mol. The number of methoxy groups -OCH3 is 1. The van der Waals surface area contributed by atoms with Gasteiger partial charge in [-0.3, -0.25) is 0 Å². The SMILES string of the molecule is COc1ccc(C(N)C(F)(F)F)cc1C. The van der Waals surface area contributed by atoms with Gasteiger partial charge < -0.3 is 10.5 Å². The van der Waals surface area contributed by atoms with E-state index in [4.69, 9.17) is 10.5 Å². The number of hydrogen-bond acceptors (Lipinski definition) is 2. The fraction of sp³-hybridized carbons (Fsp3) is 0.400. The molecule has 2 nitrogen and oxygen atoms in total. The van der Waals surface area contributed by atoms with Gasteiger partial charge in [0.1, 0.15) is 11.8 Å². The highest BCUT2D eigenvalue weighted by Crippen LogP contribution is 2.32. The molecule has 0 aliphatic heterocycles. The molecule has 0 bridgehead atoms. The van der Waals surface area contributed by atoms with Crippen molar-refractivity contribution in [2.24, 2.45) is 5.73 Å². The summed E-state index contributed by atoms with van der Waals surface area (Å²) in [6.07, 6.45) is -4.42. The quantitative estimate of drug-likeness (QED) is 0.829. The van der Waals surface area contributed by atoms with Crippen molar-refractivity contribution in [2.75, 3.05) is 7.11 Å². The van der Waals surface area contributed by atoms with Crippen LogP contribution < -0.4 is 10.5 Å². The Morgan fingerprint density at radius 2 is 1.93 bits per heavy atom. The molecule has 0 aliphatic rings. The number of aryl methyl sites for hydroxylation is 1. The van der Waals surface area contributed by atoms with Crippen molar-refractivity contribution in [3.63, 3.8) is 0 Å². The molecule has 0 radical (unpaired) electrons. The van der Waals surface area contributed by atoms with Crippen LogP contribution in [0.4, 0.5) is 13.2 Å². The van der Waals surface area contributed by atoms with Gasteiger partial charge in [0.25, 0.3) is 0 Å². The second-order valence-corrected chi connectivity index (χ2v) is 3.25. The monoisotopic (exact) mass is 219 g/mol. The predicted octanol–water partition coefficient (Wildman–Crippen LogP) is 2.57. The Morgan fingerprint density at radius 3 is 2.33 bits per heavy atom. The molecule has 0 amide bonds. The highest BCUT2D eigenvalue weighted by atomic mass is 19.4. The number of nitrogens with two attached hydrogens (primary N) is 1. The molecule has 1 unspecified atom stereocenters. The van der Waals surface area contributed by atoms with E-state index >= 15 is 0 Å². The van der Waals surface area contributed by atoms with Crippen molar-refractivity contribution in [1.29, 1.82) is 0 Å². The van der Waals surface area contributed by atoms with E-state index in [0.29, 0.717) is 11.3 Å². The summed E-state index contributed by atoms with van der Waals surface area (Å²) in [6, 6.07) is 2.25. The van der Waals surface area contributed by atoms with E-state index < -0.39 is 12.2 Å². The Hall–Kier alpha value is -1.23. The number of alkyl halides is 3. The third kappa shape index (κ3) is 2.62. The molecule has 2 N–H and O–H groups in total. The first-order valence-electron chi connectivity index (χ1n) is 4.33. The van der Waals surface area contributed by atoms with Crippen molar-refractivity contribution in [3.8, 4) is 5.75 Å². The van der Waals surface area contributed by atoms with Gasteiger partial charge >= 0.3 is 6.18 Å². The molecule has 1 atom stereocenters. The Balaban J connectivity index is 3.02. The Labute approximate surface area is 85.8 Å². The van der Waals surface area contributed by atoms with Gasteiger partial charge in [-0.15, -0.1) is 0 Å². The van der Waals surface area contributed by atoms with E-state index in [2.05, 4.69) is 0 Å². The van der Waals surface area contributed by atoms with Crippen molar-refractivity contribution in [1.82, 2.24) is 0 Å². The topological polar surface area (TPSA) is 35.2 Å². The van der Waals surface area contributed by atoms with Gasteiger partial charge in [-0.2, -0.15) is 13.2 Å². The molecule has 0 saturated heterocycles. The van der Waals surface area contributed by atoms with Crippen LogP contribution in [0.2, 0.25) is 0 Å². The lowest BCUT2D eigenvalue weighted by atomic mass is 10.0. The Morgan fingerprint density at radius 1 is 1.33 bits per heavy atom. The summed E-state index contributed by atoms with van der Waals surface area (Å²) in [5.41, 5.74) is 5.74. The maximum Gasteiger partial charge on any atom is 0.407 e. The minimum Gasteiger partial charge on any atom is -0.496 e. The zero-order chi connectivity index (χ0) is 11.6. The summed E-state index contributed by atoms with van der Waals surface area (Å²) >= 11 is 0. The first kappa shape index (κ1) is 11.8. The highest BCUT2D eigenvalue weighted by Gasteiger charge is 2.37. The molecule has 0 aromatic heterocycles. The van der Waals surface area contributed by atoms with E-state index in [0.717, 1.165) is 0 Å². The summed E-state index contributed by atoms with van der Waals surface area (Å²) < 4.78 is 41.8. The van der Waals surface area contributed by atoms with Crippen LogP contribution >= 0.6 is 0 Å². The minimum atomic E-state index is -4.42. The van der Waals surface area contributed by atoms with Crippen molar-refractivity contribution in [3.05, 3.63) is 29.3 Å². The molecular weight excluding hydrogens is 207 g/mol. The van der Waals surface area contributed by atoms with Crippen LogP contribution in [0.25, 0.3) is 0 Å². The number of rotatable bonds is 2. The molecule has 0 saturated carbocycles. The van der Waals surface area contributed by atoms with E-state index in [1.165, 1.54) is 25.3 Å². The zero-order valence-corrected chi connectivity index (χ0v) is 8.43. The molecular formula is C10H12F3NO. The Kier molecular flexibility index (Phi) is 3.24. The molecule has 0 heterocycles. The van der Waals surface area contributed by atoms with E-state index in [1.54, 1.807) is 6.92 Å². The van der Waals surface area contributed by atoms with Gasteiger partial charge in [0.05, 0.1) is 7.11 Å². The zero-order valence-electron chi connectivity index (χ0n) is 8.43. The lowest BCUT2D eigenvalue weighted by Crippen LogP contribution is -2.28. The molecule has 5 heteroatoms. The van der Waals surface area contributed by atoms with Crippen LogP contribution in [0.15, 0.2) is 18.2 Å². The first-order chi connectivity index (χ1) is 6.86. The van der Waals surface area contributed by atoms with Crippen LogP contribution in [0.5, 0.6) is 5.75 Å². The second-order valence-electron chi connectivity index (χ2n) is 3.25. The lowest BCUT2D eigenvalue weighted by molar-refractivity contribution is -0.149. The maximum absolute atomic E-state index is 12.3. The normalized spacial score (nSPS) is 13.7. The van der Waals surface area contributed by atoms with Crippen LogP contribution in [-0.4, -0.2) is 13.3 Å². The molecule has 15 heavy (non-hydrogen) atoms. The fourth-order valence-electron chi connectivity index (χ4n) is 1.28. The summed E-state index contributed by atoms with van der Waals surface area (Å²) in [5, 5.41) is 0. The molecule has 1 aromatic carbocycles. The summed E-state index contributed by atoms with van der Waals surface area (Å²) in [7, 11) is 1.46. The number of hydrogen-bond donors (Lipinski definition) is 1. The highest BCUT2D eigenvalue weighted by molar-refractivity contribution is 5.37. The standard InChI is InChI=1S/C10H12F3NO/c1-6-5-7(3-4-8(6)15-2)9(14)10(11,12)13/h3-5,9H,14H2,1-2H3. The Bertz CT molecular complexity index is 349. The van der Waals surface area contributed by atoms with Crippen molar-refractivity contribution < 1.29 is 17.9 Å². The van der Waals surface area contributed by atoms with Crippen LogP contribution in [-0.2, 0) is 0 Å². The first-order valence-corrected chi connectivity index (χ1v) is 4.33. The van der Waals surface area contributed by atoms with E-state index in [1.807, 2.05) is 0 Å². The van der Waals surface area contributed by atoms with E-state index in [-0.39, 0.29) is 5.56 Å². The second kappa shape index (κ2) is 4.10. The smallest absolute Gasteiger partial charge is 0.407 e. The van der Waals surface area contributed by atoms with Gasteiger partial charge in [0.2, 0.25) is 0 Å². The van der Waals surface area contributed by atoms with Gasteiger partial charge in [0.15, 0.2) is 0 Å². The molecule has 0 spiro atoms. The minimum absolute atomic E-state index is 0.0424. The largest absolute Gasteiger partial charge is 0.496 e. The number of benzene rings is 1. The summed E-state index contributed by atoms with van der Waals surface area (Å²) in [5.74, 6) is 0.549. The predicted molar refractivity (Wildman–Crippen MR) is 50.7 cm³/mol. The summed E-state index contributed by atoms with van der Waals surface area (Å²) in [4.78, 5) is 0. The maximum atomic E-state index is 12.3. The summed E-state index contributed by atoms with van der Waals surface area (Å²) in [6.45, 7) is 1.67. The molecule has 0 aliphatic carbocycles. The van der Waals surface area contributed by atoms with Gasteiger partial charge in [0, 0.05) is 0 Å².